The normalized spacial score (nSPS) is 11.2. The molecule has 0 radical (unpaired) electrons. The van der Waals surface area contributed by atoms with Crippen LogP contribution in [-0.4, -0.2) is 6.61 Å². The lowest BCUT2D eigenvalue weighted by Gasteiger charge is -2.06. The molecule has 0 unspecified atom stereocenters. The molecule has 0 amide bonds. The van der Waals surface area contributed by atoms with Gasteiger partial charge in [-0.2, -0.15) is 0 Å². The fraction of sp³-hybridized carbons (Fsp3) is 0.417. The minimum absolute atomic E-state index is 0.823. The molecule has 0 bridgehead atoms. The first-order chi connectivity index (χ1) is 12.2. The fourth-order valence-electron chi connectivity index (χ4n) is 2.87. The average Bonchev–Trinajstić information content (AvgIpc) is 2.63. The van der Waals surface area contributed by atoms with Gasteiger partial charge in [0.05, 0.1) is 6.61 Å². The maximum Gasteiger partial charge on any atom is 0.119 e. The molecule has 0 aliphatic carbocycles. The summed E-state index contributed by atoms with van der Waals surface area (Å²) < 4.78 is 5.84. The van der Waals surface area contributed by atoms with Crippen molar-refractivity contribution in [2.45, 2.75) is 59.3 Å². The monoisotopic (exact) mass is 336 g/mol. The van der Waals surface area contributed by atoms with Crippen LogP contribution < -0.4 is 4.74 Å². The summed E-state index contributed by atoms with van der Waals surface area (Å²) in [4.78, 5) is 0. The average molecular weight is 337 g/mol. The van der Waals surface area contributed by atoms with Crippen LogP contribution in [0.15, 0.2) is 42.5 Å². The SMILES string of the molecule is CCCCCCCCOc1ccc(/C=C/c2cc(C)ccc2C)cc1. The van der Waals surface area contributed by atoms with Gasteiger partial charge < -0.3 is 4.74 Å². The third-order valence-corrected chi connectivity index (χ3v) is 4.54. The molecule has 2 aromatic carbocycles. The van der Waals surface area contributed by atoms with E-state index >= 15 is 0 Å². The highest BCUT2D eigenvalue weighted by Crippen LogP contribution is 2.17. The molecule has 1 heteroatoms. The molecule has 134 valence electrons. The molecule has 0 heterocycles. The quantitative estimate of drug-likeness (QED) is 0.329. The number of hydrogen-bond acceptors (Lipinski definition) is 1. The van der Waals surface area contributed by atoms with E-state index in [0.717, 1.165) is 18.8 Å². The summed E-state index contributed by atoms with van der Waals surface area (Å²) in [5.41, 5.74) is 5.08. The van der Waals surface area contributed by atoms with Crippen molar-refractivity contribution in [1.29, 1.82) is 0 Å². The van der Waals surface area contributed by atoms with Gasteiger partial charge in [-0.1, -0.05) is 87.1 Å². The van der Waals surface area contributed by atoms with Gasteiger partial charge in [0.15, 0.2) is 0 Å². The molecular formula is C24H32O. The molecule has 0 N–H and O–H groups in total. The highest BCUT2D eigenvalue weighted by atomic mass is 16.5. The van der Waals surface area contributed by atoms with Gasteiger partial charge in [0, 0.05) is 0 Å². The van der Waals surface area contributed by atoms with Crippen LogP contribution in [-0.2, 0) is 0 Å². The number of ether oxygens (including phenoxy) is 1. The Balaban J connectivity index is 1.78. The summed E-state index contributed by atoms with van der Waals surface area (Å²) in [5, 5.41) is 0. The molecule has 0 spiro atoms. The molecule has 1 nitrogen and oxygen atoms in total. The van der Waals surface area contributed by atoms with E-state index in [2.05, 4.69) is 75.4 Å². The van der Waals surface area contributed by atoms with Crippen LogP contribution in [0.3, 0.4) is 0 Å². The van der Waals surface area contributed by atoms with E-state index < -0.39 is 0 Å². The van der Waals surface area contributed by atoms with Crippen molar-refractivity contribution in [2.75, 3.05) is 6.61 Å². The Morgan fingerprint density at radius 2 is 1.52 bits per heavy atom. The molecule has 2 rings (SSSR count). The van der Waals surface area contributed by atoms with Crippen LogP contribution >= 0.6 is 0 Å². The van der Waals surface area contributed by atoms with E-state index in [-0.39, 0.29) is 0 Å². The lowest BCUT2D eigenvalue weighted by atomic mass is 10.0. The van der Waals surface area contributed by atoms with Crippen molar-refractivity contribution in [1.82, 2.24) is 0 Å². The molecule has 0 aliphatic heterocycles. The first-order valence-electron chi connectivity index (χ1n) is 9.67. The molecule has 0 saturated heterocycles. The van der Waals surface area contributed by atoms with Crippen LogP contribution in [0.1, 0.15) is 67.7 Å². The maximum atomic E-state index is 5.84. The van der Waals surface area contributed by atoms with Gasteiger partial charge in [0.2, 0.25) is 0 Å². The van der Waals surface area contributed by atoms with E-state index in [1.165, 1.54) is 54.4 Å². The number of benzene rings is 2. The van der Waals surface area contributed by atoms with Gasteiger partial charge in [0.1, 0.15) is 5.75 Å². The first kappa shape index (κ1) is 19.3. The van der Waals surface area contributed by atoms with Gasteiger partial charge in [-0.15, -0.1) is 0 Å². The van der Waals surface area contributed by atoms with E-state index in [1.54, 1.807) is 0 Å². The van der Waals surface area contributed by atoms with E-state index in [4.69, 9.17) is 4.74 Å². The molecule has 0 atom stereocenters. The van der Waals surface area contributed by atoms with Crippen molar-refractivity contribution in [3.63, 3.8) is 0 Å². The smallest absolute Gasteiger partial charge is 0.119 e. The van der Waals surface area contributed by atoms with Crippen molar-refractivity contribution < 1.29 is 4.74 Å². The molecule has 0 aliphatic rings. The summed E-state index contributed by atoms with van der Waals surface area (Å²) in [6, 6.07) is 14.9. The Labute approximate surface area is 153 Å². The van der Waals surface area contributed by atoms with Gasteiger partial charge in [-0.25, -0.2) is 0 Å². The summed E-state index contributed by atoms with van der Waals surface area (Å²) in [6.45, 7) is 7.36. The van der Waals surface area contributed by atoms with Gasteiger partial charge in [-0.3, -0.25) is 0 Å². The summed E-state index contributed by atoms with van der Waals surface area (Å²) >= 11 is 0. The van der Waals surface area contributed by atoms with Gasteiger partial charge >= 0.3 is 0 Å². The van der Waals surface area contributed by atoms with E-state index in [9.17, 15) is 0 Å². The second-order valence-electron chi connectivity index (χ2n) is 6.88. The number of rotatable bonds is 10. The topological polar surface area (TPSA) is 9.23 Å². The van der Waals surface area contributed by atoms with Crippen molar-refractivity contribution >= 4 is 12.2 Å². The zero-order valence-corrected chi connectivity index (χ0v) is 16.1. The Bertz CT molecular complexity index is 652. The summed E-state index contributed by atoms with van der Waals surface area (Å²) in [7, 11) is 0. The Morgan fingerprint density at radius 3 is 2.28 bits per heavy atom. The standard InChI is InChI=1S/C24H32O/c1-4-5-6-7-8-9-18-25-24-16-13-22(14-17-24)12-15-23-19-20(2)10-11-21(23)3/h10-17,19H,4-9,18H2,1-3H3/b15-12+. The van der Waals surface area contributed by atoms with Crippen LogP contribution in [0.4, 0.5) is 0 Å². The fourth-order valence-corrected chi connectivity index (χ4v) is 2.87. The lowest BCUT2D eigenvalue weighted by molar-refractivity contribution is 0.304. The molecule has 0 saturated carbocycles. The predicted octanol–water partition coefficient (Wildman–Crippen LogP) is 7.21. The number of aryl methyl sites for hydroxylation is 2. The van der Waals surface area contributed by atoms with Crippen LogP contribution in [0.25, 0.3) is 12.2 Å². The maximum absolute atomic E-state index is 5.84. The third-order valence-electron chi connectivity index (χ3n) is 4.54. The van der Waals surface area contributed by atoms with Gasteiger partial charge in [0.25, 0.3) is 0 Å². The van der Waals surface area contributed by atoms with Gasteiger partial charge in [-0.05, 0) is 49.1 Å². The number of hydrogen-bond donors (Lipinski definition) is 0. The van der Waals surface area contributed by atoms with Crippen molar-refractivity contribution in [3.8, 4) is 5.75 Å². The summed E-state index contributed by atoms with van der Waals surface area (Å²) in [5.74, 6) is 0.970. The van der Waals surface area contributed by atoms with Crippen molar-refractivity contribution in [2.24, 2.45) is 0 Å². The minimum atomic E-state index is 0.823. The minimum Gasteiger partial charge on any atom is -0.494 e. The van der Waals surface area contributed by atoms with Crippen molar-refractivity contribution in [3.05, 3.63) is 64.7 Å². The molecule has 2 aromatic rings. The Hall–Kier alpha value is -2.02. The zero-order chi connectivity index (χ0) is 17.9. The molecular weight excluding hydrogens is 304 g/mol. The molecule has 25 heavy (non-hydrogen) atoms. The third kappa shape index (κ3) is 7.17. The largest absolute Gasteiger partial charge is 0.494 e. The van der Waals surface area contributed by atoms with Crippen LogP contribution in [0.5, 0.6) is 5.75 Å². The highest BCUT2D eigenvalue weighted by molar-refractivity contribution is 5.71. The zero-order valence-electron chi connectivity index (χ0n) is 16.1. The summed E-state index contributed by atoms with van der Waals surface area (Å²) in [6.07, 6.45) is 12.1. The van der Waals surface area contributed by atoms with Crippen LogP contribution in [0, 0.1) is 13.8 Å². The molecule has 0 aromatic heterocycles. The van der Waals surface area contributed by atoms with E-state index in [1.807, 2.05) is 0 Å². The molecule has 0 fully saturated rings. The Kier molecular flexibility index (Phi) is 8.31. The Morgan fingerprint density at radius 1 is 0.800 bits per heavy atom. The second kappa shape index (κ2) is 10.8. The second-order valence-corrected chi connectivity index (χ2v) is 6.88. The predicted molar refractivity (Wildman–Crippen MR) is 110 cm³/mol. The lowest BCUT2D eigenvalue weighted by Crippen LogP contribution is -1.97. The first-order valence-corrected chi connectivity index (χ1v) is 9.67. The highest BCUT2D eigenvalue weighted by Gasteiger charge is 1.97. The number of unbranched alkanes of at least 4 members (excludes halogenated alkanes) is 5. The van der Waals surface area contributed by atoms with E-state index in [0.29, 0.717) is 0 Å². The van der Waals surface area contributed by atoms with Crippen LogP contribution in [0.2, 0.25) is 0 Å².